The van der Waals surface area contributed by atoms with Crippen LogP contribution < -0.4 is 10.1 Å². The first-order valence-electron chi connectivity index (χ1n) is 9.19. The van der Waals surface area contributed by atoms with E-state index in [-0.39, 0.29) is 12.4 Å². The lowest BCUT2D eigenvalue weighted by atomic mass is 9.88. The minimum absolute atomic E-state index is 0.0467. The van der Waals surface area contributed by atoms with Crippen LogP contribution in [0.2, 0.25) is 0 Å². The zero-order valence-corrected chi connectivity index (χ0v) is 15.1. The summed E-state index contributed by atoms with van der Waals surface area (Å²) in [6, 6.07) is 11.5. The van der Waals surface area contributed by atoms with Gasteiger partial charge in [0.15, 0.2) is 0 Å². The second-order valence-electron chi connectivity index (χ2n) is 6.77. The van der Waals surface area contributed by atoms with Crippen LogP contribution in [0, 0.1) is 0 Å². The van der Waals surface area contributed by atoms with E-state index in [4.69, 9.17) is 4.74 Å². The first kappa shape index (κ1) is 18.7. The monoisotopic (exact) mass is 357 g/mol. The second-order valence-corrected chi connectivity index (χ2v) is 6.77. The number of nitrogens with one attached hydrogen (secondary N) is 1. The molecule has 5 nitrogen and oxygen atoms in total. The number of ether oxygens (including phenoxy) is 1. The van der Waals surface area contributed by atoms with Gasteiger partial charge in [-0.15, -0.1) is 0 Å². The molecule has 4 N–H and O–H groups in total. The molecule has 0 radical (unpaired) electrons. The molecule has 0 saturated heterocycles. The van der Waals surface area contributed by atoms with Crippen LogP contribution >= 0.6 is 0 Å². The van der Waals surface area contributed by atoms with Crippen molar-refractivity contribution in [3.8, 4) is 11.5 Å². The van der Waals surface area contributed by atoms with E-state index in [1.54, 1.807) is 12.1 Å². The number of aliphatic hydroxyl groups excluding tert-OH is 2. The van der Waals surface area contributed by atoms with Crippen LogP contribution in [-0.4, -0.2) is 34.5 Å². The van der Waals surface area contributed by atoms with E-state index in [1.165, 1.54) is 17.2 Å². The quantitative estimate of drug-likeness (QED) is 0.612. The average Bonchev–Trinajstić information content (AvgIpc) is 2.66. The number of aliphatic hydroxyl groups is 2. The molecule has 2 unspecified atom stereocenters. The Morgan fingerprint density at radius 1 is 1.19 bits per heavy atom. The van der Waals surface area contributed by atoms with Crippen LogP contribution in [-0.2, 0) is 19.4 Å². The van der Waals surface area contributed by atoms with Gasteiger partial charge in [0.05, 0.1) is 19.3 Å². The molecule has 0 fully saturated rings. The Hall–Kier alpha value is -2.08. The van der Waals surface area contributed by atoms with Crippen LogP contribution in [0.5, 0.6) is 11.5 Å². The van der Waals surface area contributed by atoms with Gasteiger partial charge in [-0.1, -0.05) is 12.1 Å². The topological polar surface area (TPSA) is 82.0 Å². The van der Waals surface area contributed by atoms with E-state index in [0.717, 1.165) is 25.0 Å². The Bertz CT molecular complexity index is 747. The highest BCUT2D eigenvalue weighted by atomic mass is 16.5. The summed E-state index contributed by atoms with van der Waals surface area (Å²) >= 11 is 0. The normalized spacial score (nSPS) is 17.6. The number of aryl methyl sites for hydroxylation is 1. The second kappa shape index (κ2) is 8.54. The van der Waals surface area contributed by atoms with Crippen LogP contribution in [0.1, 0.15) is 41.7 Å². The third kappa shape index (κ3) is 4.36. The summed E-state index contributed by atoms with van der Waals surface area (Å²) < 4.78 is 5.59. The van der Waals surface area contributed by atoms with E-state index in [2.05, 4.69) is 17.4 Å². The highest BCUT2D eigenvalue weighted by molar-refractivity contribution is 5.38. The first-order valence-corrected chi connectivity index (χ1v) is 9.19. The molecule has 0 spiro atoms. The van der Waals surface area contributed by atoms with E-state index < -0.39 is 6.10 Å². The molecule has 2 aromatic rings. The van der Waals surface area contributed by atoms with E-state index >= 15 is 0 Å². The van der Waals surface area contributed by atoms with Crippen molar-refractivity contribution in [3.05, 3.63) is 58.7 Å². The summed E-state index contributed by atoms with van der Waals surface area (Å²) in [6.07, 6.45) is 2.28. The lowest BCUT2D eigenvalue weighted by Crippen LogP contribution is -2.37. The van der Waals surface area contributed by atoms with Gasteiger partial charge in [-0.2, -0.15) is 0 Å². The lowest BCUT2D eigenvalue weighted by Gasteiger charge is -2.27. The molecule has 5 heteroatoms. The van der Waals surface area contributed by atoms with Gasteiger partial charge in [-0.05, 0) is 67.1 Å². The fourth-order valence-corrected chi connectivity index (χ4v) is 3.50. The van der Waals surface area contributed by atoms with Crippen LogP contribution in [0.25, 0.3) is 0 Å². The number of aromatic hydroxyl groups is 1. The molecule has 0 heterocycles. The van der Waals surface area contributed by atoms with Gasteiger partial charge < -0.3 is 25.4 Å². The fourth-order valence-electron chi connectivity index (χ4n) is 3.50. The maximum absolute atomic E-state index is 10.4. The summed E-state index contributed by atoms with van der Waals surface area (Å²) in [5.41, 5.74) is 3.80. The van der Waals surface area contributed by atoms with Gasteiger partial charge in [0.25, 0.3) is 0 Å². The molecule has 0 bridgehead atoms. The Kier molecular flexibility index (Phi) is 6.14. The average molecular weight is 357 g/mol. The zero-order chi connectivity index (χ0) is 18.5. The fraction of sp³-hybridized carbons (Fsp3) is 0.429. The summed E-state index contributed by atoms with van der Waals surface area (Å²) in [5.74, 6) is 0.956. The molecule has 1 aliphatic rings. The van der Waals surface area contributed by atoms with Crippen molar-refractivity contribution in [1.82, 2.24) is 5.32 Å². The number of hydrogen-bond acceptors (Lipinski definition) is 5. The Balaban J connectivity index is 1.59. The third-order valence-electron chi connectivity index (χ3n) is 4.98. The standard InChI is InChI=1S/C21H27NO4/c1-2-26-19-7-4-14-3-6-18(10-16(14)11-19)22-12-21(25)15-5-8-20(24)17(9-15)13-23/h4-5,7-9,11,18,21-25H,2-3,6,10,12-13H2,1H3. The summed E-state index contributed by atoms with van der Waals surface area (Å²) in [4.78, 5) is 0. The molecular formula is C21H27NO4. The SMILES string of the molecule is CCOc1ccc2c(c1)CC(NCC(O)c1ccc(O)c(CO)c1)CC2. The van der Waals surface area contributed by atoms with Gasteiger partial charge in [0.1, 0.15) is 11.5 Å². The highest BCUT2D eigenvalue weighted by Gasteiger charge is 2.20. The first-order chi connectivity index (χ1) is 12.6. The van der Waals surface area contributed by atoms with E-state index in [9.17, 15) is 15.3 Å². The third-order valence-corrected chi connectivity index (χ3v) is 4.98. The molecule has 26 heavy (non-hydrogen) atoms. The van der Waals surface area contributed by atoms with E-state index in [1.807, 2.05) is 13.0 Å². The predicted octanol–water partition coefficient (Wildman–Crippen LogP) is 2.46. The number of benzene rings is 2. The van der Waals surface area contributed by atoms with E-state index in [0.29, 0.717) is 30.3 Å². The van der Waals surface area contributed by atoms with Crippen LogP contribution in [0.3, 0.4) is 0 Å². The molecule has 3 rings (SSSR count). The molecule has 0 amide bonds. The van der Waals surface area contributed by atoms with Crippen molar-refractivity contribution < 1.29 is 20.1 Å². The van der Waals surface area contributed by atoms with Crippen molar-refractivity contribution in [2.24, 2.45) is 0 Å². The lowest BCUT2D eigenvalue weighted by molar-refractivity contribution is 0.168. The minimum atomic E-state index is -0.683. The molecule has 0 aromatic heterocycles. The van der Waals surface area contributed by atoms with Gasteiger partial charge >= 0.3 is 0 Å². The number of phenols is 1. The van der Waals surface area contributed by atoms with Crippen molar-refractivity contribution >= 4 is 0 Å². The molecular weight excluding hydrogens is 330 g/mol. The van der Waals surface area contributed by atoms with Crippen molar-refractivity contribution in [2.75, 3.05) is 13.2 Å². The van der Waals surface area contributed by atoms with Gasteiger partial charge in [-0.3, -0.25) is 0 Å². The van der Waals surface area contributed by atoms with Gasteiger partial charge in [0.2, 0.25) is 0 Å². The number of rotatable bonds is 7. The number of hydrogen-bond donors (Lipinski definition) is 4. The molecule has 0 aliphatic heterocycles. The maximum Gasteiger partial charge on any atom is 0.121 e. The van der Waals surface area contributed by atoms with Crippen molar-refractivity contribution in [3.63, 3.8) is 0 Å². The minimum Gasteiger partial charge on any atom is -0.508 e. The van der Waals surface area contributed by atoms with Gasteiger partial charge in [-0.25, -0.2) is 0 Å². The van der Waals surface area contributed by atoms with Gasteiger partial charge in [0, 0.05) is 18.2 Å². The van der Waals surface area contributed by atoms with Crippen molar-refractivity contribution in [2.45, 2.75) is 44.9 Å². The zero-order valence-electron chi connectivity index (χ0n) is 15.1. The predicted molar refractivity (Wildman–Crippen MR) is 100 cm³/mol. The largest absolute Gasteiger partial charge is 0.508 e. The highest BCUT2D eigenvalue weighted by Crippen LogP contribution is 2.26. The van der Waals surface area contributed by atoms with Crippen molar-refractivity contribution in [1.29, 1.82) is 0 Å². The Morgan fingerprint density at radius 2 is 2.04 bits per heavy atom. The molecule has 2 atom stereocenters. The molecule has 2 aromatic carbocycles. The molecule has 1 aliphatic carbocycles. The maximum atomic E-state index is 10.4. The number of fused-ring (bicyclic) bond motifs is 1. The van der Waals surface area contributed by atoms with Crippen LogP contribution in [0.4, 0.5) is 0 Å². The Morgan fingerprint density at radius 3 is 2.81 bits per heavy atom. The summed E-state index contributed by atoms with van der Waals surface area (Å²) in [7, 11) is 0. The summed E-state index contributed by atoms with van der Waals surface area (Å²) in [5, 5.41) is 32.8. The van der Waals surface area contributed by atoms with Crippen LogP contribution in [0.15, 0.2) is 36.4 Å². The Labute approximate surface area is 154 Å². The smallest absolute Gasteiger partial charge is 0.121 e. The molecule has 140 valence electrons. The summed E-state index contributed by atoms with van der Waals surface area (Å²) in [6.45, 7) is 2.83. The molecule has 0 saturated carbocycles.